The van der Waals surface area contributed by atoms with Crippen molar-refractivity contribution in [3.05, 3.63) is 47.8 Å². The normalized spacial score (nSPS) is 17.1. The van der Waals surface area contributed by atoms with Gasteiger partial charge in [0.05, 0.1) is 23.4 Å². The van der Waals surface area contributed by atoms with Gasteiger partial charge in [0.1, 0.15) is 6.54 Å². The van der Waals surface area contributed by atoms with E-state index in [1.54, 1.807) is 18.2 Å². The maximum atomic E-state index is 12.4. The zero-order chi connectivity index (χ0) is 19.4. The summed E-state index contributed by atoms with van der Waals surface area (Å²) in [7, 11) is -2.93. The Kier molecular flexibility index (Phi) is 5.85. The summed E-state index contributed by atoms with van der Waals surface area (Å²) in [6.07, 6.45) is 0.148. The average Bonchev–Trinajstić information content (AvgIpc) is 3.03. The minimum Gasteiger partial charge on any atom is -0.319 e. The van der Waals surface area contributed by atoms with E-state index in [1.165, 1.54) is 12.4 Å². The number of aromatic nitrogens is 2. The van der Waals surface area contributed by atoms with Crippen LogP contribution in [0.5, 0.6) is 0 Å². The van der Waals surface area contributed by atoms with E-state index in [-0.39, 0.29) is 17.4 Å². The molecule has 2 aromatic rings. The van der Waals surface area contributed by atoms with E-state index in [2.05, 4.69) is 10.4 Å². The Morgan fingerprint density at radius 1 is 1.26 bits per heavy atom. The lowest BCUT2D eigenvalue weighted by Crippen LogP contribution is -2.39. The summed E-state index contributed by atoms with van der Waals surface area (Å²) in [5, 5.41) is 6.41. The zero-order valence-electron chi connectivity index (χ0n) is 14.5. The van der Waals surface area contributed by atoms with Crippen LogP contribution in [-0.4, -0.2) is 60.0 Å². The smallest absolute Gasteiger partial charge is 0.257 e. The molecule has 7 nitrogen and oxygen atoms in total. The van der Waals surface area contributed by atoms with Crippen LogP contribution < -0.4 is 5.32 Å². The number of hydrogen-bond acceptors (Lipinski definition) is 5. The quantitative estimate of drug-likeness (QED) is 0.800. The molecule has 1 aromatic heterocycles. The molecule has 1 saturated heterocycles. The number of carbonyl (C=O) groups excluding carboxylic acids is 1. The van der Waals surface area contributed by atoms with Crippen molar-refractivity contribution in [3.63, 3.8) is 0 Å². The Bertz CT molecular complexity index is 900. The molecule has 1 aliphatic heterocycles. The number of sulfone groups is 1. The molecular weight excluding hydrogens is 378 g/mol. The average molecular weight is 398 g/mol. The molecule has 2 heterocycles. The third kappa shape index (κ3) is 5.57. The monoisotopic (exact) mass is 398 g/mol. The van der Waals surface area contributed by atoms with Crippen LogP contribution in [0, 0.1) is 0 Å². The first-order valence-corrected chi connectivity index (χ1v) is 10.3. The van der Waals surface area contributed by atoms with Gasteiger partial charge in [0.2, 0.25) is 0 Å². The molecule has 1 aliphatic rings. The van der Waals surface area contributed by atoms with Gasteiger partial charge in [0.15, 0.2) is 9.84 Å². The number of halogens is 2. The number of rotatable bonds is 6. The molecule has 0 unspecified atom stereocenters. The van der Waals surface area contributed by atoms with Crippen LogP contribution in [0.1, 0.15) is 15.9 Å². The summed E-state index contributed by atoms with van der Waals surface area (Å²) in [6, 6.07) is 7.02. The first-order valence-electron chi connectivity index (χ1n) is 8.44. The Labute approximate surface area is 155 Å². The van der Waals surface area contributed by atoms with E-state index in [0.717, 1.165) is 10.2 Å². The second-order valence-electron chi connectivity index (χ2n) is 6.42. The lowest BCUT2D eigenvalue weighted by molar-refractivity contribution is 0.102. The SMILES string of the molecule is O=C(Nc1cnn(CC(F)F)c1)c1cccc(CN2CCS(=O)(=O)CC2)c1. The highest BCUT2D eigenvalue weighted by Crippen LogP contribution is 2.14. The Balaban J connectivity index is 1.61. The van der Waals surface area contributed by atoms with Crippen LogP contribution in [0.3, 0.4) is 0 Å². The van der Waals surface area contributed by atoms with Crippen LogP contribution in [-0.2, 0) is 22.9 Å². The Morgan fingerprint density at radius 3 is 2.70 bits per heavy atom. The molecule has 1 aromatic carbocycles. The van der Waals surface area contributed by atoms with Gasteiger partial charge in [-0.05, 0) is 17.7 Å². The van der Waals surface area contributed by atoms with Gasteiger partial charge >= 0.3 is 0 Å². The molecule has 0 saturated carbocycles. The summed E-state index contributed by atoms with van der Waals surface area (Å²) in [5.74, 6) is -0.0689. The predicted octanol–water partition coefficient (Wildman–Crippen LogP) is 1.63. The molecule has 1 fully saturated rings. The second kappa shape index (κ2) is 8.13. The summed E-state index contributed by atoms with van der Waals surface area (Å²) in [5.41, 5.74) is 1.67. The maximum Gasteiger partial charge on any atom is 0.257 e. The van der Waals surface area contributed by atoms with E-state index in [4.69, 9.17) is 0 Å². The lowest BCUT2D eigenvalue weighted by Gasteiger charge is -2.26. The standard InChI is InChI=1S/C17H20F2N4O3S/c18-16(19)12-23-11-15(9-20-23)21-17(24)14-3-1-2-13(8-14)10-22-4-6-27(25,26)7-5-22/h1-3,8-9,11,16H,4-7,10,12H2,(H,21,24). The van der Waals surface area contributed by atoms with Crippen LogP contribution in [0.15, 0.2) is 36.7 Å². The molecular formula is C17H20F2N4O3S. The number of amides is 1. The van der Waals surface area contributed by atoms with E-state index in [1.807, 2.05) is 11.0 Å². The molecule has 0 aliphatic carbocycles. The van der Waals surface area contributed by atoms with Crippen LogP contribution in [0.2, 0.25) is 0 Å². The molecule has 10 heteroatoms. The number of hydrogen-bond donors (Lipinski definition) is 1. The minimum atomic E-state index is -2.93. The zero-order valence-corrected chi connectivity index (χ0v) is 15.3. The van der Waals surface area contributed by atoms with Gasteiger partial charge in [-0.2, -0.15) is 5.10 Å². The van der Waals surface area contributed by atoms with Gasteiger partial charge in [-0.15, -0.1) is 0 Å². The first kappa shape index (κ1) is 19.4. The topological polar surface area (TPSA) is 84.3 Å². The Hall–Kier alpha value is -2.33. The summed E-state index contributed by atoms with van der Waals surface area (Å²) < 4.78 is 48.8. The molecule has 1 N–H and O–H groups in total. The van der Waals surface area contributed by atoms with Crippen molar-refractivity contribution >= 4 is 21.4 Å². The highest BCUT2D eigenvalue weighted by Gasteiger charge is 2.21. The summed E-state index contributed by atoms with van der Waals surface area (Å²) >= 11 is 0. The van der Waals surface area contributed by atoms with Crippen molar-refractivity contribution in [2.45, 2.75) is 19.5 Å². The fraction of sp³-hybridized carbons (Fsp3) is 0.412. The molecule has 0 radical (unpaired) electrons. The highest BCUT2D eigenvalue weighted by molar-refractivity contribution is 7.91. The second-order valence-corrected chi connectivity index (χ2v) is 8.73. The largest absolute Gasteiger partial charge is 0.319 e. The van der Waals surface area contributed by atoms with E-state index < -0.39 is 22.8 Å². The first-order chi connectivity index (χ1) is 12.8. The minimum absolute atomic E-state index is 0.149. The molecule has 0 bridgehead atoms. The van der Waals surface area contributed by atoms with Gasteiger partial charge in [-0.25, -0.2) is 17.2 Å². The summed E-state index contributed by atoms with van der Waals surface area (Å²) in [4.78, 5) is 14.4. The molecule has 0 atom stereocenters. The molecule has 27 heavy (non-hydrogen) atoms. The van der Waals surface area contributed by atoms with Gasteiger partial charge in [-0.1, -0.05) is 12.1 Å². The Morgan fingerprint density at radius 2 is 2.00 bits per heavy atom. The number of anilines is 1. The van der Waals surface area contributed by atoms with Crippen molar-refractivity contribution in [1.82, 2.24) is 14.7 Å². The molecule has 146 valence electrons. The number of carbonyl (C=O) groups is 1. The molecule has 0 spiro atoms. The van der Waals surface area contributed by atoms with Gasteiger partial charge in [0, 0.05) is 31.4 Å². The number of nitrogens with one attached hydrogen (secondary N) is 1. The van der Waals surface area contributed by atoms with E-state index in [9.17, 15) is 22.0 Å². The van der Waals surface area contributed by atoms with E-state index in [0.29, 0.717) is 30.9 Å². The third-order valence-electron chi connectivity index (χ3n) is 4.25. The predicted molar refractivity (Wildman–Crippen MR) is 96.6 cm³/mol. The summed E-state index contributed by atoms with van der Waals surface area (Å²) in [6.45, 7) is 0.976. The van der Waals surface area contributed by atoms with Crippen LogP contribution in [0.25, 0.3) is 0 Å². The van der Waals surface area contributed by atoms with Crippen LogP contribution >= 0.6 is 0 Å². The maximum absolute atomic E-state index is 12.4. The van der Waals surface area contributed by atoms with Crippen molar-refractivity contribution in [1.29, 1.82) is 0 Å². The molecule has 1 amide bonds. The van der Waals surface area contributed by atoms with E-state index >= 15 is 0 Å². The van der Waals surface area contributed by atoms with Crippen molar-refractivity contribution < 1.29 is 22.0 Å². The fourth-order valence-electron chi connectivity index (χ4n) is 2.85. The van der Waals surface area contributed by atoms with Crippen molar-refractivity contribution in [2.75, 3.05) is 29.9 Å². The van der Waals surface area contributed by atoms with Crippen molar-refractivity contribution in [2.24, 2.45) is 0 Å². The third-order valence-corrected chi connectivity index (χ3v) is 5.86. The van der Waals surface area contributed by atoms with Gasteiger partial charge < -0.3 is 5.32 Å². The number of nitrogens with zero attached hydrogens (tertiary/aromatic N) is 3. The van der Waals surface area contributed by atoms with Gasteiger partial charge in [-0.3, -0.25) is 14.4 Å². The highest BCUT2D eigenvalue weighted by atomic mass is 32.2. The number of alkyl halides is 2. The number of benzene rings is 1. The van der Waals surface area contributed by atoms with Gasteiger partial charge in [0.25, 0.3) is 12.3 Å². The lowest BCUT2D eigenvalue weighted by atomic mass is 10.1. The fourth-order valence-corrected chi connectivity index (χ4v) is 4.13. The van der Waals surface area contributed by atoms with Crippen LogP contribution in [0.4, 0.5) is 14.5 Å². The van der Waals surface area contributed by atoms with Crippen molar-refractivity contribution in [3.8, 4) is 0 Å². The molecule has 3 rings (SSSR count).